The van der Waals surface area contributed by atoms with Crippen LogP contribution in [0.25, 0.3) is 0 Å². The van der Waals surface area contributed by atoms with E-state index in [9.17, 15) is 9.59 Å². The highest BCUT2D eigenvalue weighted by molar-refractivity contribution is 5.98. The van der Waals surface area contributed by atoms with Crippen molar-refractivity contribution < 1.29 is 14.3 Å². The first kappa shape index (κ1) is 18.7. The Hall–Kier alpha value is -2.04. The van der Waals surface area contributed by atoms with Gasteiger partial charge in [-0.1, -0.05) is 32.8 Å². The fraction of sp³-hybridized carbons (Fsp3) is 0.619. The molecule has 1 N–H and O–H groups in total. The van der Waals surface area contributed by atoms with Crippen LogP contribution in [-0.2, 0) is 9.59 Å². The lowest BCUT2D eigenvalue weighted by Crippen LogP contribution is -2.45. The highest BCUT2D eigenvalue weighted by Crippen LogP contribution is 2.36. The van der Waals surface area contributed by atoms with Gasteiger partial charge in [-0.25, -0.2) is 0 Å². The summed E-state index contributed by atoms with van der Waals surface area (Å²) in [7, 11) is 1.59. The van der Waals surface area contributed by atoms with Crippen LogP contribution in [0.5, 0.6) is 5.75 Å². The lowest BCUT2D eigenvalue weighted by molar-refractivity contribution is -0.131. The van der Waals surface area contributed by atoms with E-state index in [1.165, 1.54) is 6.42 Å². The molecule has 1 aromatic rings. The molecule has 1 aliphatic heterocycles. The van der Waals surface area contributed by atoms with E-state index in [-0.39, 0.29) is 23.8 Å². The number of carbonyl (C=O) groups is 2. The molecule has 1 saturated heterocycles. The second-order valence-electron chi connectivity index (χ2n) is 7.97. The van der Waals surface area contributed by atoms with E-state index >= 15 is 0 Å². The smallest absolute Gasteiger partial charge is 0.229 e. The Morgan fingerprint density at radius 1 is 1.27 bits per heavy atom. The van der Waals surface area contributed by atoms with Gasteiger partial charge in [0.05, 0.1) is 18.7 Å². The quantitative estimate of drug-likeness (QED) is 0.894. The Kier molecular flexibility index (Phi) is 5.54. The number of methoxy groups -OCH3 is 1. The Balaban J connectivity index is 1.68. The highest BCUT2D eigenvalue weighted by Gasteiger charge is 2.41. The number of hydrogen-bond acceptors (Lipinski definition) is 3. The van der Waals surface area contributed by atoms with Crippen molar-refractivity contribution in [3.05, 3.63) is 23.8 Å². The SMILES string of the molecule is COc1ccc(C)cc1NC(=O)[C@@H]1CC(=O)N([C@@H]2CCC[C@H](C)[C@@H]2C)C1. The van der Waals surface area contributed by atoms with Gasteiger partial charge in [-0.15, -0.1) is 0 Å². The van der Waals surface area contributed by atoms with E-state index in [1.54, 1.807) is 7.11 Å². The second kappa shape index (κ2) is 7.68. The Morgan fingerprint density at radius 3 is 2.77 bits per heavy atom. The van der Waals surface area contributed by atoms with Crippen molar-refractivity contribution in [3.63, 3.8) is 0 Å². The summed E-state index contributed by atoms with van der Waals surface area (Å²) in [6, 6.07) is 5.97. The third-order valence-corrected chi connectivity index (χ3v) is 6.21. The molecule has 0 spiro atoms. The molecule has 5 heteroatoms. The molecule has 2 amide bonds. The van der Waals surface area contributed by atoms with Crippen molar-refractivity contribution in [2.45, 2.75) is 52.5 Å². The zero-order valence-electron chi connectivity index (χ0n) is 16.2. The third kappa shape index (κ3) is 3.71. The molecule has 1 heterocycles. The molecular formula is C21H30N2O3. The summed E-state index contributed by atoms with van der Waals surface area (Å²) in [6.07, 6.45) is 3.75. The van der Waals surface area contributed by atoms with Gasteiger partial charge in [-0.2, -0.15) is 0 Å². The van der Waals surface area contributed by atoms with Gasteiger partial charge >= 0.3 is 0 Å². The minimum Gasteiger partial charge on any atom is -0.495 e. The molecule has 1 aromatic carbocycles. The molecule has 26 heavy (non-hydrogen) atoms. The van der Waals surface area contributed by atoms with Crippen molar-refractivity contribution in [2.24, 2.45) is 17.8 Å². The van der Waals surface area contributed by atoms with Crippen LogP contribution in [0.1, 0.15) is 45.1 Å². The number of carbonyl (C=O) groups excluding carboxylic acids is 2. The predicted molar refractivity (Wildman–Crippen MR) is 102 cm³/mol. The molecule has 2 fully saturated rings. The van der Waals surface area contributed by atoms with Gasteiger partial charge in [0.1, 0.15) is 5.75 Å². The van der Waals surface area contributed by atoms with Crippen molar-refractivity contribution in [1.29, 1.82) is 0 Å². The molecule has 2 aliphatic rings. The summed E-state index contributed by atoms with van der Waals surface area (Å²) in [6.45, 7) is 7.01. The Bertz CT molecular complexity index is 688. The van der Waals surface area contributed by atoms with Gasteiger partial charge in [0.15, 0.2) is 0 Å². The van der Waals surface area contributed by atoms with Gasteiger partial charge in [-0.05, 0) is 42.9 Å². The zero-order valence-corrected chi connectivity index (χ0v) is 16.2. The van der Waals surface area contributed by atoms with Crippen LogP contribution >= 0.6 is 0 Å². The molecule has 3 rings (SSSR count). The normalized spacial score (nSPS) is 28.9. The molecule has 1 saturated carbocycles. The third-order valence-electron chi connectivity index (χ3n) is 6.21. The molecular weight excluding hydrogens is 328 g/mol. The number of anilines is 1. The topological polar surface area (TPSA) is 58.6 Å². The van der Waals surface area contributed by atoms with Crippen LogP contribution in [0, 0.1) is 24.7 Å². The molecule has 0 unspecified atom stereocenters. The number of amides is 2. The minimum atomic E-state index is -0.294. The lowest BCUT2D eigenvalue weighted by atomic mass is 9.77. The fourth-order valence-corrected chi connectivity index (χ4v) is 4.38. The van der Waals surface area contributed by atoms with Gasteiger partial charge in [0.25, 0.3) is 0 Å². The maximum atomic E-state index is 12.8. The average Bonchev–Trinajstić information content (AvgIpc) is 2.99. The molecule has 1 aliphatic carbocycles. The fourth-order valence-electron chi connectivity index (χ4n) is 4.38. The number of ether oxygens (including phenoxy) is 1. The van der Waals surface area contributed by atoms with Crippen LogP contribution in [-0.4, -0.2) is 36.4 Å². The van der Waals surface area contributed by atoms with Crippen LogP contribution < -0.4 is 10.1 Å². The van der Waals surface area contributed by atoms with Crippen LogP contribution in [0.2, 0.25) is 0 Å². The maximum absolute atomic E-state index is 12.8. The molecule has 0 aromatic heterocycles. The standard InChI is InChI=1S/C21H30N2O3/c1-13-8-9-19(26-4)17(10-13)22-21(25)16-11-20(24)23(12-16)18-7-5-6-14(2)15(18)3/h8-10,14-16,18H,5-7,11-12H2,1-4H3,(H,22,25)/t14-,15-,16+,18+/m0/s1. The summed E-state index contributed by atoms with van der Waals surface area (Å²) >= 11 is 0. The van der Waals surface area contributed by atoms with E-state index in [0.717, 1.165) is 18.4 Å². The summed E-state index contributed by atoms with van der Waals surface area (Å²) < 4.78 is 5.34. The van der Waals surface area contributed by atoms with Gasteiger partial charge in [0, 0.05) is 19.0 Å². The van der Waals surface area contributed by atoms with Crippen molar-refractivity contribution in [1.82, 2.24) is 4.90 Å². The summed E-state index contributed by atoms with van der Waals surface area (Å²) in [4.78, 5) is 27.3. The summed E-state index contributed by atoms with van der Waals surface area (Å²) in [5, 5.41) is 2.97. The van der Waals surface area contributed by atoms with E-state index < -0.39 is 0 Å². The zero-order chi connectivity index (χ0) is 18.8. The number of nitrogens with one attached hydrogen (secondary N) is 1. The van der Waals surface area contributed by atoms with Crippen LogP contribution in [0.15, 0.2) is 18.2 Å². The number of nitrogens with zero attached hydrogens (tertiary/aromatic N) is 1. The van der Waals surface area contributed by atoms with Gasteiger partial charge in [0.2, 0.25) is 11.8 Å². The second-order valence-corrected chi connectivity index (χ2v) is 7.97. The molecule has 142 valence electrons. The van der Waals surface area contributed by atoms with Crippen molar-refractivity contribution in [3.8, 4) is 5.75 Å². The molecule has 0 bridgehead atoms. The minimum absolute atomic E-state index is 0.0961. The van der Waals surface area contributed by atoms with Crippen molar-refractivity contribution >= 4 is 17.5 Å². The first-order valence-corrected chi connectivity index (χ1v) is 9.65. The number of benzene rings is 1. The first-order valence-electron chi connectivity index (χ1n) is 9.65. The van der Waals surface area contributed by atoms with Gasteiger partial charge < -0.3 is 15.0 Å². The summed E-state index contributed by atoms with van der Waals surface area (Å²) in [5.41, 5.74) is 1.72. The number of likely N-dealkylation sites (tertiary alicyclic amines) is 1. The monoisotopic (exact) mass is 358 g/mol. The average molecular weight is 358 g/mol. The highest BCUT2D eigenvalue weighted by atomic mass is 16.5. The predicted octanol–water partition coefficient (Wildman–Crippen LogP) is 3.62. The van der Waals surface area contributed by atoms with E-state index in [0.29, 0.717) is 36.2 Å². The van der Waals surface area contributed by atoms with E-state index in [4.69, 9.17) is 4.74 Å². The molecule has 5 nitrogen and oxygen atoms in total. The lowest BCUT2D eigenvalue weighted by Gasteiger charge is -2.40. The molecule has 4 atom stereocenters. The van der Waals surface area contributed by atoms with Crippen LogP contribution in [0.4, 0.5) is 5.69 Å². The Labute approximate surface area is 156 Å². The Morgan fingerprint density at radius 2 is 2.04 bits per heavy atom. The van der Waals surface area contributed by atoms with E-state index in [1.807, 2.05) is 30.0 Å². The van der Waals surface area contributed by atoms with Crippen LogP contribution in [0.3, 0.4) is 0 Å². The first-order chi connectivity index (χ1) is 12.4. The maximum Gasteiger partial charge on any atom is 0.229 e. The molecule has 0 radical (unpaired) electrons. The summed E-state index contributed by atoms with van der Waals surface area (Å²) in [5.74, 6) is 1.49. The van der Waals surface area contributed by atoms with Gasteiger partial charge in [-0.3, -0.25) is 9.59 Å². The van der Waals surface area contributed by atoms with E-state index in [2.05, 4.69) is 19.2 Å². The number of rotatable bonds is 4. The van der Waals surface area contributed by atoms with Crippen molar-refractivity contribution in [2.75, 3.05) is 19.0 Å². The number of hydrogen-bond donors (Lipinski definition) is 1. The number of aryl methyl sites for hydroxylation is 1. The largest absolute Gasteiger partial charge is 0.495 e.